The minimum Gasteiger partial charge on any atom is -0.303 e. The van der Waals surface area contributed by atoms with Crippen LogP contribution in [0.1, 0.15) is 27.2 Å². The van der Waals surface area contributed by atoms with Crippen LogP contribution >= 0.6 is 0 Å². The van der Waals surface area contributed by atoms with Gasteiger partial charge in [0.05, 0.1) is 0 Å². The molecule has 0 aromatic carbocycles. The summed E-state index contributed by atoms with van der Waals surface area (Å²) in [4.78, 5) is 10.8. The van der Waals surface area contributed by atoms with E-state index in [9.17, 15) is 4.79 Å². The van der Waals surface area contributed by atoms with E-state index < -0.39 is 0 Å². The molecule has 0 aromatic rings. The van der Waals surface area contributed by atoms with Gasteiger partial charge in [-0.05, 0) is 17.8 Å². The number of carbonyl (C=O) groups excluding carboxylic acids is 1. The lowest BCUT2D eigenvalue weighted by atomic mass is 9.69. The smallest absolute Gasteiger partial charge is 0.124 e. The van der Waals surface area contributed by atoms with Crippen LogP contribution in [0.3, 0.4) is 0 Å². The number of allylic oxidation sites excluding steroid dienone is 2. The summed E-state index contributed by atoms with van der Waals surface area (Å²) in [6.45, 7) is 6.39. The van der Waals surface area contributed by atoms with Crippen LogP contribution in [0, 0.1) is 17.3 Å². The van der Waals surface area contributed by atoms with Crippen LogP contribution in [-0.2, 0) is 4.79 Å². The van der Waals surface area contributed by atoms with Crippen molar-refractivity contribution in [2.75, 3.05) is 0 Å². The molecule has 62 valence electrons. The van der Waals surface area contributed by atoms with Gasteiger partial charge >= 0.3 is 0 Å². The standard InChI is InChI=1S/C10H16O/c1-8-5-4-6-10(2,3)9(8)7-11/h4,6-9H,5H2,1-3H3. The van der Waals surface area contributed by atoms with Gasteiger partial charge in [-0.1, -0.05) is 32.9 Å². The van der Waals surface area contributed by atoms with Crippen LogP contribution in [0.2, 0.25) is 0 Å². The molecule has 11 heavy (non-hydrogen) atoms. The average Bonchev–Trinajstić information content (AvgIpc) is 1.86. The van der Waals surface area contributed by atoms with Gasteiger partial charge in [-0.2, -0.15) is 0 Å². The number of aldehydes is 1. The van der Waals surface area contributed by atoms with Crippen LogP contribution in [-0.4, -0.2) is 6.29 Å². The van der Waals surface area contributed by atoms with Crippen LogP contribution in [0.25, 0.3) is 0 Å². The summed E-state index contributed by atoms with van der Waals surface area (Å²) >= 11 is 0. The Kier molecular flexibility index (Phi) is 2.17. The first-order valence-corrected chi connectivity index (χ1v) is 4.21. The normalized spacial score (nSPS) is 35.2. The molecule has 0 radical (unpaired) electrons. The number of hydrogen-bond donors (Lipinski definition) is 0. The summed E-state index contributed by atoms with van der Waals surface area (Å²) in [5.41, 5.74) is 0.0689. The Labute approximate surface area is 68.5 Å². The SMILES string of the molecule is CC1CC=CC(C)(C)C1C=O. The predicted molar refractivity (Wildman–Crippen MR) is 46.3 cm³/mol. The second-order valence-corrected chi connectivity index (χ2v) is 4.10. The first-order chi connectivity index (χ1) is 5.08. The van der Waals surface area contributed by atoms with Gasteiger partial charge in [0.25, 0.3) is 0 Å². The first-order valence-electron chi connectivity index (χ1n) is 4.21. The molecule has 0 fully saturated rings. The lowest BCUT2D eigenvalue weighted by Gasteiger charge is -2.35. The number of rotatable bonds is 1. The van der Waals surface area contributed by atoms with E-state index in [0.29, 0.717) is 5.92 Å². The van der Waals surface area contributed by atoms with Crippen molar-refractivity contribution in [1.82, 2.24) is 0 Å². The third-order valence-corrected chi connectivity index (χ3v) is 2.67. The Balaban J connectivity index is 2.86. The second-order valence-electron chi connectivity index (χ2n) is 4.10. The molecule has 2 unspecified atom stereocenters. The molecule has 0 saturated carbocycles. The summed E-state index contributed by atoms with van der Waals surface area (Å²) < 4.78 is 0. The minimum atomic E-state index is 0.0689. The summed E-state index contributed by atoms with van der Waals surface area (Å²) in [5.74, 6) is 0.708. The molecule has 2 atom stereocenters. The maximum Gasteiger partial charge on any atom is 0.124 e. The summed E-state index contributed by atoms with van der Waals surface area (Å²) in [6.07, 6.45) is 6.50. The Morgan fingerprint density at radius 1 is 1.55 bits per heavy atom. The fourth-order valence-corrected chi connectivity index (χ4v) is 1.89. The van der Waals surface area contributed by atoms with Crippen molar-refractivity contribution in [3.8, 4) is 0 Å². The maximum absolute atomic E-state index is 10.8. The molecule has 0 bridgehead atoms. The highest BCUT2D eigenvalue weighted by atomic mass is 16.1. The molecule has 0 aliphatic heterocycles. The van der Waals surface area contributed by atoms with Crippen molar-refractivity contribution in [1.29, 1.82) is 0 Å². The van der Waals surface area contributed by atoms with E-state index in [0.717, 1.165) is 12.7 Å². The molecule has 1 heteroatoms. The zero-order valence-corrected chi connectivity index (χ0v) is 7.50. The number of carbonyl (C=O) groups is 1. The molecule has 0 amide bonds. The number of hydrogen-bond acceptors (Lipinski definition) is 1. The Hall–Kier alpha value is -0.590. The molecule has 0 aromatic heterocycles. The molecule has 1 aliphatic carbocycles. The molecule has 1 rings (SSSR count). The van der Waals surface area contributed by atoms with Crippen LogP contribution < -0.4 is 0 Å². The highest BCUT2D eigenvalue weighted by molar-refractivity contribution is 5.56. The van der Waals surface area contributed by atoms with E-state index in [1.54, 1.807) is 0 Å². The average molecular weight is 152 g/mol. The third-order valence-electron chi connectivity index (χ3n) is 2.67. The van der Waals surface area contributed by atoms with Crippen LogP contribution in [0.4, 0.5) is 0 Å². The largest absolute Gasteiger partial charge is 0.303 e. The fraction of sp³-hybridized carbons (Fsp3) is 0.700. The Morgan fingerprint density at radius 2 is 2.18 bits per heavy atom. The van der Waals surface area contributed by atoms with Crippen molar-refractivity contribution in [3.63, 3.8) is 0 Å². The van der Waals surface area contributed by atoms with Gasteiger partial charge in [0, 0.05) is 5.92 Å². The van der Waals surface area contributed by atoms with E-state index in [-0.39, 0.29) is 11.3 Å². The van der Waals surface area contributed by atoms with Gasteiger partial charge in [0.1, 0.15) is 6.29 Å². The van der Waals surface area contributed by atoms with E-state index in [2.05, 4.69) is 32.9 Å². The van der Waals surface area contributed by atoms with Gasteiger partial charge in [0.2, 0.25) is 0 Å². The van der Waals surface area contributed by atoms with E-state index in [4.69, 9.17) is 0 Å². The van der Waals surface area contributed by atoms with Gasteiger partial charge in [-0.25, -0.2) is 0 Å². The van der Waals surface area contributed by atoms with Crippen molar-refractivity contribution in [2.24, 2.45) is 17.3 Å². The Morgan fingerprint density at radius 3 is 2.55 bits per heavy atom. The predicted octanol–water partition coefficient (Wildman–Crippen LogP) is 2.42. The lowest BCUT2D eigenvalue weighted by Crippen LogP contribution is -2.31. The van der Waals surface area contributed by atoms with E-state index in [1.165, 1.54) is 0 Å². The monoisotopic (exact) mass is 152 g/mol. The molecule has 1 nitrogen and oxygen atoms in total. The second kappa shape index (κ2) is 2.80. The van der Waals surface area contributed by atoms with Crippen LogP contribution in [0.5, 0.6) is 0 Å². The Bertz CT molecular complexity index is 179. The highest BCUT2D eigenvalue weighted by Crippen LogP contribution is 2.37. The van der Waals surface area contributed by atoms with Crippen molar-refractivity contribution >= 4 is 6.29 Å². The van der Waals surface area contributed by atoms with Crippen molar-refractivity contribution in [2.45, 2.75) is 27.2 Å². The lowest BCUT2D eigenvalue weighted by molar-refractivity contribution is -0.115. The molecule has 0 N–H and O–H groups in total. The zero-order valence-electron chi connectivity index (χ0n) is 7.50. The summed E-state index contributed by atoms with van der Waals surface area (Å²) in [5, 5.41) is 0. The minimum absolute atomic E-state index is 0.0689. The topological polar surface area (TPSA) is 17.1 Å². The van der Waals surface area contributed by atoms with Gasteiger partial charge in [-0.15, -0.1) is 0 Å². The van der Waals surface area contributed by atoms with E-state index in [1.807, 2.05) is 0 Å². The van der Waals surface area contributed by atoms with E-state index >= 15 is 0 Å². The quantitative estimate of drug-likeness (QED) is 0.416. The van der Waals surface area contributed by atoms with Crippen molar-refractivity contribution < 1.29 is 4.79 Å². The first kappa shape index (κ1) is 8.51. The fourth-order valence-electron chi connectivity index (χ4n) is 1.89. The molecule has 0 saturated heterocycles. The summed E-state index contributed by atoms with van der Waals surface area (Å²) in [7, 11) is 0. The molecular weight excluding hydrogens is 136 g/mol. The van der Waals surface area contributed by atoms with Gasteiger partial charge in [0.15, 0.2) is 0 Å². The molecule has 1 aliphatic rings. The van der Waals surface area contributed by atoms with Gasteiger partial charge < -0.3 is 4.79 Å². The summed E-state index contributed by atoms with van der Waals surface area (Å²) in [6, 6.07) is 0. The molecule has 0 spiro atoms. The van der Waals surface area contributed by atoms with Crippen LogP contribution in [0.15, 0.2) is 12.2 Å². The third kappa shape index (κ3) is 1.52. The molecular formula is C10H16O. The highest BCUT2D eigenvalue weighted by Gasteiger charge is 2.33. The van der Waals surface area contributed by atoms with Crippen molar-refractivity contribution in [3.05, 3.63) is 12.2 Å². The maximum atomic E-state index is 10.8. The van der Waals surface area contributed by atoms with Gasteiger partial charge in [-0.3, -0.25) is 0 Å². The molecule has 0 heterocycles. The zero-order chi connectivity index (χ0) is 8.48.